The summed E-state index contributed by atoms with van der Waals surface area (Å²) in [6, 6.07) is 46.9. The molecule has 0 saturated heterocycles. The minimum atomic E-state index is -0.839. The van der Waals surface area contributed by atoms with Crippen LogP contribution in [0.15, 0.2) is 313 Å². The van der Waals surface area contributed by atoms with Crippen LogP contribution in [-0.2, 0) is 10.8 Å². The van der Waals surface area contributed by atoms with Crippen LogP contribution in [0.25, 0.3) is 121 Å². The fourth-order valence-corrected chi connectivity index (χ4v) is 15.0. The van der Waals surface area contributed by atoms with Crippen molar-refractivity contribution in [2.75, 3.05) is 9.80 Å². The van der Waals surface area contributed by atoms with Gasteiger partial charge in [-0.2, -0.15) is 0 Å². The van der Waals surface area contributed by atoms with Crippen LogP contribution in [0.4, 0.5) is 34.1 Å². The van der Waals surface area contributed by atoms with Crippen molar-refractivity contribution >= 4 is 99.7 Å². The van der Waals surface area contributed by atoms with E-state index in [9.17, 15) is 19.2 Å². The molecule has 0 fully saturated rings. The van der Waals surface area contributed by atoms with Gasteiger partial charge in [0, 0.05) is 54.9 Å². The van der Waals surface area contributed by atoms with E-state index in [4.69, 9.17) is 14.0 Å². The van der Waals surface area contributed by atoms with Gasteiger partial charge in [0.15, 0.2) is 11.2 Å². The molecule has 19 rings (SSSR count). The molecule has 0 spiro atoms. The van der Waals surface area contributed by atoms with Crippen LogP contribution >= 0.6 is 0 Å². The van der Waals surface area contributed by atoms with Gasteiger partial charge in [0.1, 0.15) is 0 Å². The molecular formula is C93H70N4O. The highest BCUT2D eigenvalue weighted by atomic mass is 16.3. The first kappa shape index (κ1) is 39.8. The summed E-state index contributed by atoms with van der Waals surface area (Å²) in [6.07, 6.45) is 0. The van der Waals surface area contributed by atoms with Crippen molar-refractivity contribution in [1.29, 1.82) is 0 Å². The summed E-state index contributed by atoms with van der Waals surface area (Å²) in [6.45, 7) is 12.8. The minimum absolute atomic E-state index is 0.0754. The fraction of sp³-hybridized carbons (Fsp3) is 0.0968. The van der Waals surface area contributed by atoms with Gasteiger partial charge in [-0.1, -0.05) is 278 Å². The Labute approximate surface area is 600 Å². The summed E-state index contributed by atoms with van der Waals surface area (Å²) < 4.78 is 208. The zero-order valence-corrected chi connectivity index (χ0v) is 54.1. The molecular weight excluding hydrogens is 1190 g/mol. The van der Waals surface area contributed by atoms with Crippen molar-refractivity contribution in [3.05, 3.63) is 337 Å². The van der Waals surface area contributed by atoms with Crippen LogP contribution in [0.1, 0.15) is 104 Å². The smallest absolute Gasteiger partial charge is 0.159 e. The average Bonchev–Trinajstić information content (AvgIpc) is 1.67. The summed E-state index contributed by atoms with van der Waals surface area (Å²) in [5.41, 5.74) is 11.0. The van der Waals surface area contributed by atoms with Gasteiger partial charge < -0.3 is 23.4 Å². The molecule has 14 aromatic carbocycles. The molecule has 0 saturated carbocycles. The van der Waals surface area contributed by atoms with E-state index < -0.39 is 138 Å². The molecule has 1 unspecified atom stereocenters. The fourth-order valence-electron chi connectivity index (χ4n) is 15.0. The Morgan fingerprint density at radius 1 is 0.316 bits per heavy atom. The number of furan rings is 1. The van der Waals surface area contributed by atoms with Crippen molar-refractivity contribution in [2.45, 2.75) is 58.3 Å². The number of rotatable bonds is 8. The molecule has 0 N–H and O–H groups in total. The predicted molar refractivity (Wildman–Crippen MR) is 412 cm³/mol. The number of nitrogens with zero attached hydrogens (tertiary/aromatic N) is 4. The van der Waals surface area contributed by atoms with Gasteiger partial charge in [-0.05, 0) is 139 Å². The third-order valence-corrected chi connectivity index (χ3v) is 19.6. The molecule has 17 aromatic rings. The second kappa shape index (κ2) is 21.8. The van der Waals surface area contributed by atoms with Crippen molar-refractivity contribution in [2.24, 2.45) is 0 Å². The number of aromatic nitrogens is 2. The number of para-hydroxylation sites is 6. The van der Waals surface area contributed by atoms with Crippen LogP contribution in [0.3, 0.4) is 0 Å². The molecule has 0 aliphatic carbocycles. The van der Waals surface area contributed by atoms with Gasteiger partial charge in [-0.3, -0.25) is 0 Å². The van der Waals surface area contributed by atoms with Gasteiger partial charge in [0.05, 0.1) is 96.4 Å². The zero-order valence-electron chi connectivity index (χ0n) is 75.1. The highest BCUT2D eigenvalue weighted by Crippen LogP contribution is 2.64. The van der Waals surface area contributed by atoms with Crippen molar-refractivity contribution in [1.82, 2.24) is 9.13 Å². The van der Waals surface area contributed by atoms with Gasteiger partial charge in [0.25, 0.3) is 0 Å². The second-order valence-electron chi connectivity index (χ2n) is 27.3. The first-order valence-electron chi connectivity index (χ1n) is 43.1. The third kappa shape index (κ3) is 8.85. The highest BCUT2D eigenvalue weighted by molar-refractivity contribution is 6.16. The Bertz CT molecular complexity index is 7180. The van der Waals surface area contributed by atoms with E-state index >= 15 is 0 Å². The van der Waals surface area contributed by atoms with Crippen LogP contribution in [0, 0.1) is 0 Å². The Morgan fingerprint density at radius 2 is 0.755 bits per heavy atom. The quantitative estimate of drug-likeness (QED) is 0.152. The largest absolute Gasteiger partial charge is 0.452 e. The average molecular weight is 1280 g/mol. The zero-order chi connectivity index (χ0) is 84.0. The molecule has 0 radical (unpaired) electrons. The summed E-state index contributed by atoms with van der Waals surface area (Å²) in [4.78, 5) is 4.17. The van der Waals surface area contributed by atoms with Gasteiger partial charge in [-0.15, -0.1) is 0 Å². The standard InChI is InChI=1S/C93H70N4O/c1-92(2,3)64-34-24-33-61(51-64)63-48-50-73-83(53-63)96(82-46-26-40-72-71-39-25-45-81(90(71)98-91(72)82)95-79-43-22-18-37-69(79)70-38-19-23-44-80(70)95)85-56-66(94-77-41-20-16-35-67(77)68-36-17-21-42-78(68)94)57-86-88(85)87(73)74-49-47-62(58-27-10-7-11-28-58)52-84(74)97(86)89-75(59-29-12-8-13-30-59)54-65(93(4,5)6)55-76(89)60-31-14-9-15-32-60/h7-57,87H,1-6H3/i7D,10D,11D,16D,17D,18D,19D,20D,21D,22D,23D,27D,28D,35D,36D,37D,38D,41D,42D,43D,44D. The van der Waals surface area contributed by atoms with E-state index in [2.05, 4.69) is 93.8 Å². The van der Waals surface area contributed by atoms with Crippen molar-refractivity contribution in [3.8, 4) is 55.9 Å². The van der Waals surface area contributed by atoms with Crippen LogP contribution in [0.5, 0.6) is 0 Å². The van der Waals surface area contributed by atoms with E-state index in [0.717, 1.165) is 50.1 Å². The Kier molecular flexibility index (Phi) is 8.86. The molecule has 98 heavy (non-hydrogen) atoms. The number of benzene rings is 14. The van der Waals surface area contributed by atoms with E-state index in [1.54, 1.807) is 18.2 Å². The number of fused-ring (bicyclic) bond motifs is 13. The maximum atomic E-state index is 10.1. The lowest BCUT2D eigenvalue weighted by Crippen LogP contribution is -2.30. The minimum Gasteiger partial charge on any atom is -0.452 e. The summed E-state index contributed by atoms with van der Waals surface area (Å²) in [5, 5.41) is 0.388. The van der Waals surface area contributed by atoms with Crippen LogP contribution in [0.2, 0.25) is 0 Å². The maximum Gasteiger partial charge on any atom is 0.159 e. The lowest BCUT2D eigenvalue weighted by molar-refractivity contribution is 0.590. The molecule has 5 nitrogen and oxygen atoms in total. The molecule has 0 amide bonds. The maximum absolute atomic E-state index is 10.1. The molecule has 468 valence electrons. The Morgan fingerprint density at radius 3 is 1.30 bits per heavy atom. The van der Waals surface area contributed by atoms with Gasteiger partial charge >= 0.3 is 0 Å². The molecule has 0 bridgehead atoms. The molecule has 5 heteroatoms. The van der Waals surface area contributed by atoms with Crippen LogP contribution < -0.4 is 9.80 Å². The Hall–Kier alpha value is -11.9. The summed E-state index contributed by atoms with van der Waals surface area (Å²) >= 11 is 0. The van der Waals surface area contributed by atoms with Crippen LogP contribution in [-0.4, -0.2) is 9.13 Å². The second-order valence-corrected chi connectivity index (χ2v) is 27.3. The molecule has 5 heterocycles. The van der Waals surface area contributed by atoms with Gasteiger partial charge in [0.2, 0.25) is 0 Å². The molecule has 3 aromatic heterocycles. The molecule has 2 aliphatic heterocycles. The topological polar surface area (TPSA) is 29.5 Å². The number of hydrogen-bond donors (Lipinski definition) is 0. The lowest BCUT2D eigenvalue weighted by atomic mass is 9.74. The predicted octanol–water partition coefficient (Wildman–Crippen LogP) is 25.8. The molecule has 1 atom stereocenters. The van der Waals surface area contributed by atoms with E-state index in [1.165, 1.54) is 9.13 Å². The van der Waals surface area contributed by atoms with Crippen molar-refractivity contribution in [3.63, 3.8) is 0 Å². The summed E-state index contributed by atoms with van der Waals surface area (Å²) in [5.74, 6) is -0.839. The van der Waals surface area contributed by atoms with Gasteiger partial charge in [-0.25, -0.2) is 0 Å². The number of hydrogen-bond acceptors (Lipinski definition) is 3. The monoisotopic (exact) mass is 1280 g/mol. The SMILES string of the molecule is [2H]c1c([2H])c([2H])c(-c2ccc3c(c2)N(c2c(-c4ccccc4)cc(C(C)(C)C)cc2-c2ccccc2)c2cc(-n4c5c([2H])c([2H])c([2H])c([2H])c5c5c([2H])c([2H])c([2H])c([2H])c54)cc4c2C3c2ccc(-c3cccc(C(C)(C)C)c3)cc2N4c2cccc3c2oc2c(-n4c5c([2H])c([2H])c([2H])c([2H])c5c5c([2H])c([2H])c([2H])c([2H])c54)cccc23)c([2H])c1[2H]. The Balaban J connectivity index is 1.03. The summed E-state index contributed by atoms with van der Waals surface area (Å²) in [7, 11) is 0. The van der Waals surface area contributed by atoms with E-state index in [1.807, 2.05) is 121 Å². The third-order valence-electron chi connectivity index (χ3n) is 19.6. The highest BCUT2D eigenvalue weighted by Gasteiger charge is 2.44. The van der Waals surface area contributed by atoms with E-state index in [-0.39, 0.29) is 82.7 Å². The lowest BCUT2D eigenvalue weighted by Gasteiger charge is -2.46. The van der Waals surface area contributed by atoms with Crippen molar-refractivity contribution < 1.29 is 33.2 Å². The first-order chi connectivity index (χ1) is 56.6. The van der Waals surface area contributed by atoms with E-state index in [0.29, 0.717) is 56.0 Å². The normalized spacial score (nSPS) is 16.7. The number of anilines is 6. The molecule has 2 aliphatic rings. The first-order valence-corrected chi connectivity index (χ1v) is 32.6.